The van der Waals surface area contributed by atoms with Crippen LogP contribution in [-0.4, -0.2) is 28.1 Å². The number of aliphatic hydroxyl groups excluding tert-OH is 1. The first-order chi connectivity index (χ1) is 4.95. The molecule has 2 N–H and O–H groups in total. The number of aliphatic hydroxyl groups is 1. The number of carboxylic acids is 1. The van der Waals surface area contributed by atoms with Crippen molar-refractivity contribution in [3.8, 4) is 0 Å². The zero-order chi connectivity index (χ0) is 9.02. The number of carboxylic acid groups (broad SMARTS) is 1. The van der Waals surface area contributed by atoms with Crippen molar-refractivity contribution in [3.05, 3.63) is 11.6 Å². The van der Waals surface area contributed by atoms with Crippen molar-refractivity contribution in [2.45, 2.75) is 20.0 Å². The van der Waals surface area contributed by atoms with Crippen LogP contribution >= 0.6 is 0 Å². The molecule has 0 saturated heterocycles. The molecular formula is C7H10O4. The summed E-state index contributed by atoms with van der Waals surface area (Å²) in [6, 6.07) is 0. The fourth-order valence-corrected chi connectivity index (χ4v) is 0.396. The average Bonchev–Trinajstić information content (AvgIpc) is 1.87. The van der Waals surface area contributed by atoms with Crippen LogP contribution in [0.4, 0.5) is 0 Å². The Balaban J connectivity index is 4.32. The van der Waals surface area contributed by atoms with Gasteiger partial charge in [0.25, 0.3) is 0 Å². The molecule has 0 aromatic carbocycles. The van der Waals surface area contributed by atoms with Gasteiger partial charge in [0, 0.05) is 5.57 Å². The van der Waals surface area contributed by atoms with E-state index in [9.17, 15) is 9.59 Å². The van der Waals surface area contributed by atoms with Gasteiger partial charge < -0.3 is 10.2 Å². The highest BCUT2D eigenvalue weighted by molar-refractivity contribution is 6.00. The molecule has 0 fully saturated rings. The molecule has 0 aliphatic heterocycles. The Labute approximate surface area is 64.2 Å². The fourth-order valence-electron chi connectivity index (χ4n) is 0.396. The summed E-state index contributed by atoms with van der Waals surface area (Å²) in [4.78, 5) is 20.8. The maximum absolute atomic E-state index is 10.7. The topological polar surface area (TPSA) is 74.6 Å². The molecule has 11 heavy (non-hydrogen) atoms. The van der Waals surface area contributed by atoms with Gasteiger partial charge >= 0.3 is 5.97 Å². The number of carbonyl (C=O) groups excluding carboxylic acids is 1. The molecule has 4 nitrogen and oxygen atoms in total. The van der Waals surface area contributed by atoms with E-state index in [1.807, 2.05) is 0 Å². The normalized spacial score (nSPS) is 14.3. The van der Waals surface area contributed by atoms with E-state index >= 15 is 0 Å². The van der Waals surface area contributed by atoms with Gasteiger partial charge in [-0.25, -0.2) is 4.79 Å². The molecule has 0 aromatic rings. The number of ketones is 1. The van der Waals surface area contributed by atoms with Crippen LogP contribution in [0.15, 0.2) is 11.6 Å². The fraction of sp³-hybridized carbons (Fsp3) is 0.429. The number of hydrogen-bond donors (Lipinski definition) is 2. The predicted octanol–water partition coefficient (Wildman–Crippen LogP) is -0.0328. The summed E-state index contributed by atoms with van der Waals surface area (Å²) in [5, 5.41) is 17.0. The summed E-state index contributed by atoms with van der Waals surface area (Å²) in [5.74, 6) is -1.75. The second kappa shape index (κ2) is 3.88. The lowest BCUT2D eigenvalue weighted by Crippen LogP contribution is -2.14. The molecular weight excluding hydrogens is 148 g/mol. The Morgan fingerprint density at radius 3 is 2.18 bits per heavy atom. The molecule has 0 heterocycles. The average molecular weight is 158 g/mol. The zero-order valence-corrected chi connectivity index (χ0v) is 6.37. The van der Waals surface area contributed by atoms with E-state index in [-0.39, 0.29) is 5.57 Å². The van der Waals surface area contributed by atoms with Gasteiger partial charge in [-0.05, 0) is 19.9 Å². The minimum atomic E-state index is -1.15. The van der Waals surface area contributed by atoms with Crippen molar-refractivity contribution in [2.75, 3.05) is 0 Å². The minimum Gasteiger partial charge on any atom is -0.478 e. The molecule has 0 bridgehead atoms. The van der Waals surface area contributed by atoms with Crippen molar-refractivity contribution < 1.29 is 19.8 Å². The first-order valence-electron chi connectivity index (χ1n) is 3.08. The van der Waals surface area contributed by atoms with Crippen LogP contribution in [0.25, 0.3) is 0 Å². The first-order valence-corrected chi connectivity index (χ1v) is 3.08. The summed E-state index contributed by atoms with van der Waals surface area (Å²) < 4.78 is 0. The van der Waals surface area contributed by atoms with Gasteiger partial charge in [0.05, 0.1) is 0 Å². The summed E-state index contributed by atoms with van der Waals surface area (Å²) in [6.45, 7) is 2.58. The Bertz CT molecular complexity index is 202. The van der Waals surface area contributed by atoms with E-state index in [0.29, 0.717) is 0 Å². The second-order valence-corrected chi connectivity index (χ2v) is 2.21. The first kappa shape index (κ1) is 9.84. The molecule has 4 heteroatoms. The highest BCUT2D eigenvalue weighted by Gasteiger charge is 2.08. The van der Waals surface area contributed by atoms with Gasteiger partial charge in [0.1, 0.15) is 6.10 Å². The zero-order valence-electron chi connectivity index (χ0n) is 6.37. The summed E-state index contributed by atoms with van der Waals surface area (Å²) in [5.41, 5.74) is -0.0732. The number of carbonyl (C=O) groups is 2. The Morgan fingerprint density at radius 2 is 1.91 bits per heavy atom. The lowest BCUT2D eigenvalue weighted by atomic mass is 10.2. The van der Waals surface area contributed by atoms with Crippen molar-refractivity contribution in [1.29, 1.82) is 0 Å². The SMILES string of the molecule is CC(=CC(=O)C(C)O)C(=O)O. The molecule has 0 radical (unpaired) electrons. The van der Waals surface area contributed by atoms with E-state index in [1.165, 1.54) is 13.8 Å². The smallest absolute Gasteiger partial charge is 0.331 e. The maximum Gasteiger partial charge on any atom is 0.331 e. The summed E-state index contributed by atoms with van der Waals surface area (Å²) in [7, 11) is 0. The highest BCUT2D eigenvalue weighted by atomic mass is 16.4. The van der Waals surface area contributed by atoms with E-state index in [1.54, 1.807) is 0 Å². The highest BCUT2D eigenvalue weighted by Crippen LogP contribution is 1.94. The number of hydrogen-bond acceptors (Lipinski definition) is 3. The third-order valence-corrected chi connectivity index (χ3v) is 1.11. The molecule has 0 rings (SSSR count). The van der Waals surface area contributed by atoms with Crippen LogP contribution in [-0.2, 0) is 9.59 Å². The van der Waals surface area contributed by atoms with E-state index < -0.39 is 17.9 Å². The van der Waals surface area contributed by atoms with Crippen LogP contribution in [0.5, 0.6) is 0 Å². The van der Waals surface area contributed by atoms with Crippen LogP contribution in [0.2, 0.25) is 0 Å². The predicted molar refractivity (Wildman–Crippen MR) is 38.1 cm³/mol. The van der Waals surface area contributed by atoms with Gasteiger partial charge in [-0.3, -0.25) is 4.79 Å². The van der Waals surface area contributed by atoms with E-state index in [4.69, 9.17) is 10.2 Å². The molecule has 0 aromatic heterocycles. The quantitative estimate of drug-likeness (QED) is 0.565. The molecule has 62 valence electrons. The Morgan fingerprint density at radius 1 is 1.45 bits per heavy atom. The Hall–Kier alpha value is -1.16. The number of rotatable bonds is 3. The van der Waals surface area contributed by atoms with Gasteiger partial charge in [0.15, 0.2) is 5.78 Å². The largest absolute Gasteiger partial charge is 0.478 e. The second-order valence-electron chi connectivity index (χ2n) is 2.21. The molecule has 0 amide bonds. The number of aliphatic carboxylic acids is 1. The van der Waals surface area contributed by atoms with Gasteiger partial charge in [0.2, 0.25) is 0 Å². The van der Waals surface area contributed by atoms with Crippen LogP contribution in [0, 0.1) is 0 Å². The van der Waals surface area contributed by atoms with Crippen molar-refractivity contribution in [2.24, 2.45) is 0 Å². The molecule has 0 aliphatic carbocycles. The van der Waals surface area contributed by atoms with Crippen molar-refractivity contribution >= 4 is 11.8 Å². The molecule has 0 spiro atoms. The van der Waals surface area contributed by atoms with E-state index in [0.717, 1.165) is 6.08 Å². The lowest BCUT2D eigenvalue weighted by Gasteiger charge is -1.97. The maximum atomic E-state index is 10.7. The minimum absolute atomic E-state index is 0.0732. The summed E-state index contributed by atoms with van der Waals surface area (Å²) >= 11 is 0. The van der Waals surface area contributed by atoms with Crippen LogP contribution < -0.4 is 0 Å². The van der Waals surface area contributed by atoms with Gasteiger partial charge in [-0.1, -0.05) is 0 Å². The van der Waals surface area contributed by atoms with E-state index in [2.05, 4.69) is 0 Å². The molecule has 1 atom stereocenters. The van der Waals surface area contributed by atoms with Crippen molar-refractivity contribution in [1.82, 2.24) is 0 Å². The standard InChI is InChI=1S/C7H10O4/c1-4(7(10)11)3-6(9)5(2)8/h3,5,8H,1-2H3,(H,10,11). The third-order valence-electron chi connectivity index (χ3n) is 1.11. The third kappa shape index (κ3) is 3.52. The lowest BCUT2D eigenvalue weighted by molar-refractivity contribution is -0.133. The van der Waals surface area contributed by atoms with Crippen LogP contribution in [0.1, 0.15) is 13.8 Å². The van der Waals surface area contributed by atoms with Gasteiger partial charge in [-0.15, -0.1) is 0 Å². The monoisotopic (exact) mass is 158 g/mol. The molecule has 0 saturated carbocycles. The van der Waals surface area contributed by atoms with Crippen molar-refractivity contribution in [3.63, 3.8) is 0 Å². The summed E-state index contributed by atoms with van der Waals surface area (Å²) in [6.07, 6.45) is -0.225. The molecule has 0 aliphatic rings. The Kier molecular flexibility index (Phi) is 3.47. The van der Waals surface area contributed by atoms with Crippen LogP contribution in [0.3, 0.4) is 0 Å². The van der Waals surface area contributed by atoms with Gasteiger partial charge in [-0.2, -0.15) is 0 Å². The molecule has 1 unspecified atom stereocenters.